The van der Waals surface area contributed by atoms with Crippen LogP contribution in [0.5, 0.6) is 0 Å². The van der Waals surface area contributed by atoms with Crippen molar-refractivity contribution in [2.45, 2.75) is 25.7 Å². The van der Waals surface area contributed by atoms with Gasteiger partial charge in [0.05, 0.1) is 12.3 Å². The lowest BCUT2D eigenvalue weighted by Gasteiger charge is -2.18. The Kier molecular flexibility index (Phi) is 3.05. The highest BCUT2D eigenvalue weighted by Gasteiger charge is 2.41. The lowest BCUT2D eigenvalue weighted by Crippen LogP contribution is -2.32. The third kappa shape index (κ3) is 2.26. The van der Waals surface area contributed by atoms with Crippen molar-refractivity contribution in [2.24, 2.45) is 5.41 Å². The van der Waals surface area contributed by atoms with Gasteiger partial charge in [-0.1, -0.05) is 12.8 Å². The molecule has 0 spiro atoms. The van der Waals surface area contributed by atoms with Crippen molar-refractivity contribution in [3.8, 4) is 6.07 Å². The van der Waals surface area contributed by atoms with Crippen LogP contribution in [0.4, 0.5) is 10.2 Å². The van der Waals surface area contributed by atoms with Gasteiger partial charge in [-0.25, -0.2) is 9.37 Å². The third-order valence-electron chi connectivity index (χ3n) is 3.07. The van der Waals surface area contributed by atoms with Crippen molar-refractivity contribution in [1.82, 2.24) is 4.98 Å². The summed E-state index contributed by atoms with van der Waals surface area (Å²) in [5.41, 5.74) is -0.934. The van der Waals surface area contributed by atoms with E-state index in [4.69, 9.17) is 5.26 Å². The molecule has 0 saturated heterocycles. The molecule has 1 aliphatic carbocycles. The Morgan fingerprint density at radius 3 is 2.71 bits per heavy atom. The van der Waals surface area contributed by atoms with Crippen LogP contribution in [0, 0.1) is 22.6 Å². The summed E-state index contributed by atoms with van der Waals surface area (Å²) < 4.78 is 12.6. The fourth-order valence-electron chi connectivity index (χ4n) is 2.05. The van der Waals surface area contributed by atoms with E-state index in [1.807, 2.05) is 0 Å². The Balaban J connectivity index is 2.11. The molecule has 17 heavy (non-hydrogen) atoms. The van der Waals surface area contributed by atoms with E-state index < -0.39 is 11.2 Å². The molecule has 1 aromatic rings. The first-order valence-corrected chi connectivity index (χ1v) is 5.50. The molecule has 1 aromatic heterocycles. The summed E-state index contributed by atoms with van der Waals surface area (Å²) in [6.07, 6.45) is 3.96. The molecule has 0 bridgehead atoms. The first-order chi connectivity index (χ1) is 8.16. The average Bonchev–Trinajstić information content (AvgIpc) is 2.82. The van der Waals surface area contributed by atoms with Crippen LogP contribution in [0.1, 0.15) is 25.7 Å². The predicted molar refractivity (Wildman–Crippen MR) is 59.3 cm³/mol. The van der Waals surface area contributed by atoms with Crippen LogP contribution in [-0.2, 0) is 4.79 Å². The smallest absolute Gasteiger partial charge is 0.246 e. The minimum atomic E-state index is -0.934. The van der Waals surface area contributed by atoms with Gasteiger partial charge in [0.1, 0.15) is 17.1 Å². The Labute approximate surface area is 98.5 Å². The van der Waals surface area contributed by atoms with Gasteiger partial charge in [0.25, 0.3) is 0 Å². The standard InChI is InChI=1S/C12H12FN3O/c13-9-3-4-10(15-7-9)16-11(17)12(8-14)5-1-2-6-12/h3-4,7H,1-2,5-6H2,(H,15,16,17). The number of anilines is 1. The fourth-order valence-corrected chi connectivity index (χ4v) is 2.05. The van der Waals surface area contributed by atoms with E-state index in [1.165, 1.54) is 12.1 Å². The molecule has 1 aliphatic rings. The van der Waals surface area contributed by atoms with Crippen molar-refractivity contribution in [2.75, 3.05) is 5.32 Å². The molecule has 1 saturated carbocycles. The minimum absolute atomic E-state index is 0.276. The molecule has 0 radical (unpaired) electrons. The van der Waals surface area contributed by atoms with Crippen LogP contribution in [-0.4, -0.2) is 10.9 Å². The quantitative estimate of drug-likeness (QED) is 0.851. The van der Waals surface area contributed by atoms with Crippen LogP contribution < -0.4 is 5.32 Å². The van der Waals surface area contributed by atoms with Gasteiger partial charge in [-0.3, -0.25) is 4.79 Å². The molecule has 0 aliphatic heterocycles. The zero-order valence-electron chi connectivity index (χ0n) is 9.24. The summed E-state index contributed by atoms with van der Waals surface area (Å²) in [4.78, 5) is 15.7. The highest BCUT2D eigenvalue weighted by atomic mass is 19.1. The summed E-state index contributed by atoms with van der Waals surface area (Å²) in [5.74, 6) is -0.520. The van der Waals surface area contributed by atoms with Crippen LogP contribution in [0.15, 0.2) is 18.3 Å². The van der Waals surface area contributed by atoms with E-state index in [-0.39, 0.29) is 11.7 Å². The number of nitrogens with one attached hydrogen (secondary N) is 1. The molecular weight excluding hydrogens is 221 g/mol. The third-order valence-corrected chi connectivity index (χ3v) is 3.07. The van der Waals surface area contributed by atoms with Gasteiger partial charge in [0.2, 0.25) is 5.91 Å². The number of nitriles is 1. The number of amides is 1. The molecule has 4 nitrogen and oxygen atoms in total. The maximum atomic E-state index is 12.6. The maximum absolute atomic E-state index is 12.6. The number of carbonyl (C=O) groups excluding carboxylic acids is 1. The van der Waals surface area contributed by atoms with Crippen molar-refractivity contribution in [3.63, 3.8) is 0 Å². The number of nitrogens with zero attached hydrogens (tertiary/aromatic N) is 2. The van der Waals surface area contributed by atoms with E-state index in [1.54, 1.807) is 0 Å². The zero-order chi connectivity index (χ0) is 12.3. The highest BCUT2D eigenvalue weighted by Crippen LogP contribution is 2.38. The van der Waals surface area contributed by atoms with Gasteiger partial charge in [-0.05, 0) is 25.0 Å². The Hall–Kier alpha value is -1.96. The summed E-state index contributed by atoms with van der Waals surface area (Å²) in [6, 6.07) is 4.70. The first-order valence-electron chi connectivity index (χ1n) is 5.50. The Bertz CT molecular complexity index is 458. The molecule has 2 rings (SSSR count). The number of hydrogen-bond donors (Lipinski definition) is 1. The fraction of sp³-hybridized carbons (Fsp3) is 0.417. The number of hydrogen-bond acceptors (Lipinski definition) is 3. The molecule has 1 fully saturated rings. The SMILES string of the molecule is N#CC1(C(=O)Nc2ccc(F)cn2)CCCC1. The highest BCUT2D eigenvalue weighted by molar-refractivity contribution is 5.96. The number of pyridine rings is 1. The van der Waals surface area contributed by atoms with Gasteiger partial charge >= 0.3 is 0 Å². The Morgan fingerprint density at radius 2 is 2.18 bits per heavy atom. The molecular formula is C12H12FN3O. The normalized spacial score (nSPS) is 17.4. The van der Waals surface area contributed by atoms with Gasteiger partial charge < -0.3 is 5.32 Å². The lowest BCUT2D eigenvalue weighted by atomic mass is 9.87. The molecule has 1 amide bonds. The van der Waals surface area contributed by atoms with E-state index in [2.05, 4.69) is 16.4 Å². The summed E-state index contributed by atoms with van der Waals surface area (Å²) in [6.45, 7) is 0. The summed E-state index contributed by atoms with van der Waals surface area (Å²) in [5, 5.41) is 11.7. The number of carbonyl (C=O) groups is 1. The largest absolute Gasteiger partial charge is 0.309 e. The van der Waals surface area contributed by atoms with Crippen molar-refractivity contribution in [3.05, 3.63) is 24.1 Å². The van der Waals surface area contributed by atoms with Crippen LogP contribution in [0.2, 0.25) is 0 Å². The van der Waals surface area contributed by atoms with Crippen LogP contribution in [0.25, 0.3) is 0 Å². The second kappa shape index (κ2) is 4.50. The van der Waals surface area contributed by atoms with Gasteiger partial charge in [-0.2, -0.15) is 5.26 Å². The lowest BCUT2D eigenvalue weighted by molar-refractivity contribution is -0.122. The zero-order valence-corrected chi connectivity index (χ0v) is 9.24. The van der Waals surface area contributed by atoms with Crippen LogP contribution >= 0.6 is 0 Å². The van der Waals surface area contributed by atoms with E-state index in [9.17, 15) is 9.18 Å². The molecule has 0 aromatic carbocycles. The summed E-state index contributed by atoms with van der Waals surface area (Å²) in [7, 11) is 0. The number of aromatic nitrogens is 1. The van der Waals surface area contributed by atoms with E-state index >= 15 is 0 Å². The molecule has 1 N–H and O–H groups in total. The van der Waals surface area contributed by atoms with Gasteiger partial charge in [-0.15, -0.1) is 0 Å². The average molecular weight is 233 g/mol. The first kappa shape index (κ1) is 11.5. The second-order valence-electron chi connectivity index (χ2n) is 4.22. The van der Waals surface area contributed by atoms with Crippen molar-refractivity contribution >= 4 is 11.7 Å². The molecule has 0 unspecified atom stereocenters. The number of halogens is 1. The van der Waals surface area contributed by atoms with Crippen molar-refractivity contribution in [1.29, 1.82) is 5.26 Å². The monoisotopic (exact) mass is 233 g/mol. The molecule has 1 heterocycles. The molecule has 0 atom stereocenters. The topological polar surface area (TPSA) is 65.8 Å². The second-order valence-corrected chi connectivity index (χ2v) is 4.22. The molecule has 88 valence electrons. The van der Waals surface area contributed by atoms with Gasteiger partial charge in [0, 0.05) is 0 Å². The van der Waals surface area contributed by atoms with E-state index in [0.717, 1.165) is 19.0 Å². The van der Waals surface area contributed by atoms with Gasteiger partial charge in [0.15, 0.2) is 0 Å². The van der Waals surface area contributed by atoms with E-state index in [0.29, 0.717) is 12.8 Å². The Morgan fingerprint density at radius 1 is 1.47 bits per heavy atom. The molecule has 5 heteroatoms. The van der Waals surface area contributed by atoms with Crippen molar-refractivity contribution < 1.29 is 9.18 Å². The maximum Gasteiger partial charge on any atom is 0.246 e. The minimum Gasteiger partial charge on any atom is -0.309 e. The number of rotatable bonds is 2. The van der Waals surface area contributed by atoms with Crippen LogP contribution in [0.3, 0.4) is 0 Å². The summed E-state index contributed by atoms with van der Waals surface area (Å²) >= 11 is 0. The predicted octanol–water partition coefficient (Wildman–Crippen LogP) is 2.24.